The predicted molar refractivity (Wildman–Crippen MR) is 115 cm³/mol. The number of fused-ring (bicyclic) bond motifs is 1. The minimum atomic E-state index is 0.160. The number of hydrogen-bond acceptors (Lipinski definition) is 6. The number of phenolic OH excluding ortho intramolecular Hbond substituents is 1. The fourth-order valence-electron chi connectivity index (χ4n) is 2.70. The maximum Gasteiger partial charge on any atom is 0.159 e. The highest BCUT2D eigenvalue weighted by Crippen LogP contribution is 2.36. The Balaban J connectivity index is 1.70. The summed E-state index contributed by atoms with van der Waals surface area (Å²) in [7, 11) is 0. The van der Waals surface area contributed by atoms with E-state index in [0.717, 1.165) is 25.8 Å². The highest BCUT2D eigenvalue weighted by Gasteiger charge is 2.12. The minimum Gasteiger partial charge on any atom is -0.507 e. The molecule has 0 spiro atoms. The Bertz CT molecular complexity index is 1140. The number of hydrazone groups is 1. The van der Waals surface area contributed by atoms with Crippen LogP contribution < -0.4 is 5.43 Å². The van der Waals surface area contributed by atoms with E-state index in [4.69, 9.17) is 0 Å². The first kappa shape index (κ1) is 17.6. The van der Waals surface area contributed by atoms with E-state index < -0.39 is 0 Å². The number of benzene rings is 2. The van der Waals surface area contributed by atoms with Crippen LogP contribution in [0.3, 0.4) is 0 Å². The van der Waals surface area contributed by atoms with E-state index in [1.54, 1.807) is 35.8 Å². The lowest BCUT2D eigenvalue weighted by Crippen LogP contribution is -1.95. The molecule has 0 aliphatic carbocycles. The third-order valence-corrected chi connectivity index (χ3v) is 5.48. The second-order valence-corrected chi connectivity index (χ2v) is 7.76. The first-order valence-corrected chi connectivity index (χ1v) is 9.86. The minimum absolute atomic E-state index is 0.160. The average molecular weight is 439 g/mol. The number of phenols is 1. The largest absolute Gasteiger partial charge is 0.507 e. The van der Waals surface area contributed by atoms with Crippen LogP contribution >= 0.6 is 27.3 Å². The molecule has 0 fully saturated rings. The van der Waals surface area contributed by atoms with Crippen molar-refractivity contribution in [2.75, 3.05) is 5.43 Å². The first-order chi connectivity index (χ1) is 13.1. The summed E-state index contributed by atoms with van der Waals surface area (Å²) in [6, 6.07) is 13.5. The Labute approximate surface area is 168 Å². The van der Waals surface area contributed by atoms with Crippen LogP contribution in [0.2, 0.25) is 0 Å². The maximum atomic E-state index is 9.92. The third kappa shape index (κ3) is 3.70. The highest BCUT2D eigenvalue weighted by atomic mass is 79.9. The fraction of sp³-hybridized carbons (Fsp3) is 0.0500. The predicted octanol–water partition coefficient (Wildman–Crippen LogP) is 5.58. The molecule has 0 bridgehead atoms. The zero-order valence-electron chi connectivity index (χ0n) is 14.3. The van der Waals surface area contributed by atoms with E-state index in [1.807, 2.05) is 0 Å². The van der Waals surface area contributed by atoms with Gasteiger partial charge in [-0.3, -0.25) is 5.43 Å². The molecule has 0 aliphatic rings. The van der Waals surface area contributed by atoms with Crippen molar-refractivity contribution in [2.24, 2.45) is 5.10 Å². The van der Waals surface area contributed by atoms with Crippen molar-refractivity contribution < 1.29 is 5.11 Å². The van der Waals surface area contributed by atoms with Crippen molar-refractivity contribution >= 4 is 49.5 Å². The Morgan fingerprint density at radius 1 is 1.15 bits per heavy atom. The van der Waals surface area contributed by atoms with Crippen LogP contribution in [0, 0.1) is 6.92 Å². The van der Waals surface area contributed by atoms with Crippen LogP contribution in [-0.2, 0) is 0 Å². The van der Waals surface area contributed by atoms with Gasteiger partial charge in [0.2, 0.25) is 0 Å². The summed E-state index contributed by atoms with van der Waals surface area (Å²) in [6.07, 6.45) is 3.08. The molecule has 2 heterocycles. The maximum absolute atomic E-state index is 9.92. The molecule has 7 heteroatoms. The number of thiophene rings is 1. The lowest BCUT2D eigenvalue weighted by molar-refractivity contribution is 0.474. The molecule has 4 aromatic rings. The van der Waals surface area contributed by atoms with Gasteiger partial charge in [-0.05, 0) is 30.7 Å². The molecule has 4 rings (SSSR count). The summed E-state index contributed by atoms with van der Waals surface area (Å²) in [5.74, 6) is 0.787. The molecular formula is C20H15BrN4OS. The van der Waals surface area contributed by atoms with Crippen LogP contribution in [0.1, 0.15) is 11.1 Å². The van der Waals surface area contributed by atoms with Gasteiger partial charge >= 0.3 is 0 Å². The Kier molecular flexibility index (Phi) is 4.87. The molecule has 0 unspecified atom stereocenters. The number of aromatic hydroxyl groups is 1. The van der Waals surface area contributed by atoms with Crippen LogP contribution in [0.4, 0.5) is 5.82 Å². The first-order valence-electron chi connectivity index (χ1n) is 8.18. The zero-order valence-corrected chi connectivity index (χ0v) is 16.8. The van der Waals surface area contributed by atoms with Crippen molar-refractivity contribution in [2.45, 2.75) is 6.92 Å². The zero-order chi connectivity index (χ0) is 18.8. The van der Waals surface area contributed by atoms with Gasteiger partial charge in [0.25, 0.3) is 0 Å². The second-order valence-electron chi connectivity index (χ2n) is 5.99. The van der Waals surface area contributed by atoms with E-state index in [9.17, 15) is 5.11 Å². The molecule has 2 N–H and O–H groups in total. The summed E-state index contributed by atoms with van der Waals surface area (Å²) in [6.45, 7) is 2.07. The third-order valence-electron chi connectivity index (χ3n) is 4.10. The van der Waals surface area contributed by atoms with Gasteiger partial charge in [-0.15, -0.1) is 11.3 Å². The van der Waals surface area contributed by atoms with Gasteiger partial charge in [0.1, 0.15) is 16.9 Å². The number of hydrogen-bond donors (Lipinski definition) is 2. The molecular weight excluding hydrogens is 424 g/mol. The molecule has 27 heavy (non-hydrogen) atoms. The Morgan fingerprint density at radius 2 is 1.96 bits per heavy atom. The summed E-state index contributed by atoms with van der Waals surface area (Å²) in [5, 5.41) is 17.2. The SMILES string of the molecule is Cc1ccc(-c2csc3ncnc(N/N=C/c4cc(Br)ccc4O)c23)cc1. The molecule has 0 atom stereocenters. The Morgan fingerprint density at radius 3 is 2.78 bits per heavy atom. The van der Waals surface area contributed by atoms with Gasteiger partial charge in [-0.1, -0.05) is 45.8 Å². The number of rotatable bonds is 4. The Hall–Kier alpha value is -2.77. The molecule has 134 valence electrons. The second kappa shape index (κ2) is 7.46. The average Bonchev–Trinajstić information content (AvgIpc) is 3.10. The quantitative estimate of drug-likeness (QED) is 0.322. The number of nitrogens with zero attached hydrogens (tertiary/aromatic N) is 3. The molecule has 0 amide bonds. The lowest BCUT2D eigenvalue weighted by atomic mass is 10.0. The van der Waals surface area contributed by atoms with Crippen LogP contribution in [0.15, 0.2) is 63.7 Å². The van der Waals surface area contributed by atoms with Crippen molar-refractivity contribution in [3.05, 3.63) is 69.8 Å². The van der Waals surface area contributed by atoms with Crippen molar-refractivity contribution in [3.63, 3.8) is 0 Å². The van der Waals surface area contributed by atoms with Crippen LogP contribution in [-0.4, -0.2) is 21.3 Å². The smallest absolute Gasteiger partial charge is 0.159 e. The van der Waals surface area contributed by atoms with Crippen molar-refractivity contribution in [3.8, 4) is 16.9 Å². The van der Waals surface area contributed by atoms with Crippen LogP contribution in [0.5, 0.6) is 5.75 Å². The van der Waals surface area contributed by atoms with E-state index >= 15 is 0 Å². The summed E-state index contributed by atoms with van der Waals surface area (Å²) < 4.78 is 0.866. The molecule has 0 radical (unpaired) electrons. The van der Waals surface area contributed by atoms with E-state index in [-0.39, 0.29) is 5.75 Å². The number of halogens is 1. The molecule has 0 saturated heterocycles. The van der Waals surface area contributed by atoms with Gasteiger partial charge in [0, 0.05) is 21.0 Å². The van der Waals surface area contributed by atoms with E-state index in [1.165, 1.54) is 11.9 Å². The van der Waals surface area contributed by atoms with Crippen LogP contribution in [0.25, 0.3) is 21.3 Å². The summed E-state index contributed by atoms with van der Waals surface area (Å²) in [4.78, 5) is 9.61. The number of nitrogens with one attached hydrogen (secondary N) is 1. The van der Waals surface area contributed by atoms with E-state index in [0.29, 0.717) is 11.4 Å². The van der Waals surface area contributed by atoms with Crippen molar-refractivity contribution in [1.29, 1.82) is 0 Å². The molecule has 2 aromatic carbocycles. The van der Waals surface area contributed by atoms with Gasteiger partial charge in [-0.2, -0.15) is 5.10 Å². The molecule has 0 aliphatic heterocycles. The normalized spacial score (nSPS) is 11.3. The number of anilines is 1. The van der Waals surface area contributed by atoms with Gasteiger partial charge in [-0.25, -0.2) is 9.97 Å². The molecule has 2 aromatic heterocycles. The monoisotopic (exact) mass is 438 g/mol. The van der Waals surface area contributed by atoms with Gasteiger partial charge < -0.3 is 5.11 Å². The topological polar surface area (TPSA) is 70.4 Å². The summed E-state index contributed by atoms with van der Waals surface area (Å²) >= 11 is 4.96. The number of aromatic nitrogens is 2. The summed E-state index contributed by atoms with van der Waals surface area (Å²) in [5.41, 5.74) is 6.98. The molecule has 5 nitrogen and oxygen atoms in total. The molecule has 0 saturated carbocycles. The highest BCUT2D eigenvalue weighted by molar-refractivity contribution is 9.10. The lowest BCUT2D eigenvalue weighted by Gasteiger charge is -2.05. The van der Waals surface area contributed by atoms with E-state index in [2.05, 4.69) is 73.0 Å². The van der Waals surface area contributed by atoms with Gasteiger partial charge in [0.15, 0.2) is 5.82 Å². The van der Waals surface area contributed by atoms with Gasteiger partial charge in [0.05, 0.1) is 11.6 Å². The standard InChI is InChI=1S/C20H15BrN4OS/c1-12-2-4-13(5-3-12)16-10-27-20-18(16)19(22-11-23-20)25-24-9-14-8-15(21)6-7-17(14)26/h2-11,26H,1H3,(H,22,23,25)/b24-9+. The number of aryl methyl sites for hydroxylation is 1. The fourth-order valence-corrected chi connectivity index (χ4v) is 3.99. The van der Waals surface area contributed by atoms with Crippen molar-refractivity contribution in [1.82, 2.24) is 9.97 Å².